The molecule has 1 amide bonds. The van der Waals surface area contributed by atoms with Crippen LogP contribution in [0.25, 0.3) is 0 Å². The van der Waals surface area contributed by atoms with Crippen molar-refractivity contribution in [2.24, 2.45) is 0 Å². The lowest BCUT2D eigenvalue weighted by molar-refractivity contribution is 0.0736. The first-order valence-electron chi connectivity index (χ1n) is 8.59. The van der Waals surface area contributed by atoms with Crippen molar-refractivity contribution in [1.82, 2.24) is 9.88 Å². The van der Waals surface area contributed by atoms with Gasteiger partial charge in [-0.15, -0.1) is 0 Å². The molecule has 1 heterocycles. The van der Waals surface area contributed by atoms with E-state index in [4.69, 9.17) is 4.74 Å². The highest BCUT2D eigenvalue weighted by atomic mass is 16.5. The second kappa shape index (κ2) is 6.75. The van der Waals surface area contributed by atoms with Crippen molar-refractivity contribution in [2.45, 2.75) is 39.2 Å². The zero-order valence-corrected chi connectivity index (χ0v) is 15.2. The molecule has 1 aliphatic rings. The Morgan fingerprint density at radius 3 is 2.52 bits per heavy atom. The summed E-state index contributed by atoms with van der Waals surface area (Å²) in [5, 5.41) is 0. The second-order valence-corrected chi connectivity index (χ2v) is 6.62. The van der Waals surface area contributed by atoms with Gasteiger partial charge in [0.25, 0.3) is 5.91 Å². The van der Waals surface area contributed by atoms with E-state index in [1.165, 1.54) is 0 Å². The van der Waals surface area contributed by atoms with Crippen LogP contribution in [0.5, 0.6) is 5.75 Å². The number of hydrogen-bond donors (Lipinski definition) is 1. The number of carbonyl (C=O) groups excluding carboxylic acids is 2. The fourth-order valence-corrected chi connectivity index (χ4v) is 3.45. The standard InChI is InChI=1S/C20H24N2O3/c1-12-18-16(6-5-7-17(18)23)21-19(12)20(24)22(3)13(2)14-8-10-15(25-4)11-9-14/h8-11,13,21H,5-7H2,1-4H3. The zero-order valence-electron chi connectivity index (χ0n) is 15.2. The van der Waals surface area contributed by atoms with Gasteiger partial charge in [-0.1, -0.05) is 12.1 Å². The van der Waals surface area contributed by atoms with Crippen molar-refractivity contribution in [1.29, 1.82) is 0 Å². The molecule has 0 bridgehead atoms. The number of nitrogens with one attached hydrogen (secondary N) is 1. The predicted molar refractivity (Wildman–Crippen MR) is 96.3 cm³/mol. The molecule has 1 unspecified atom stereocenters. The monoisotopic (exact) mass is 340 g/mol. The van der Waals surface area contributed by atoms with Gasteiger partial charge in [-0.05, 0) is 49.9 Å². The Morgan fingerprint density at radius 2 is 1.92 bits per heavy atom. The number of ether oxygens (including phenoxy) is 1. The van der Waals surface area contributed by atoms with Gasteiger partial charge in [0.2, 0.25) is 0 Å². The number of amides is 1. The van der Waals surface area contributed by atoms with Crippen LogP contribution in [0.2, 0.25) is 0 Å². The van der Waals surface area contributed by atoms with Crippen molar-refractivity contribution >= 4 is 11.7 Å². The van der Waals surface area contributed by atoms with Crippen LogP contribution < -0.4 is 4.74 Å². The van der Waals surface area contributed by atoms with E-state index in [2.05, 4.69) is 4.98 Å². The van der Waals surface area contributed by atoms with Crippen molar-refractivity contribution in [3.63, 3.8) is 0 Å². The van der Waals surface area contributed by atoms with Crippen LogP contribution in [0.1, 0.15) is 63.5 Å². The van der Waals surface area contributed by atoms with Crippen molar-refractivity contribution in [3.8, 4) is 5.75 Å². The number of benzene rings is 1. The molecular formula is C20H24N2O3. The maximum atomic E-state index is 13.0. The quantitative estimate of drug-likeness (QED) is 0.923. The number of Topliss-reactive ketones (excluding diaryl/α,β-unsaturated/α-hetero) is 1. The number of hydrogen-bond acceptors (Lipinski definition) is 3. The van der Waals surface area contributed by atoms with E-state index >= 15 is 0 Å². The molecule has 1 aliphatic carbocycles. The van der Waals surface area contributed by atoms with E-state index in [1.807, 2.05) is 38.1 Å². The Bertz CT molecular complexity index is 805. The molecule has 1 aromatic carbocycles. The van der Waals surface area contributed by atoms with E-state index in [-0.39, 0.29) is 17.7 Å². The van der Waals surface area contributed by atoms with Crippen LogP contribution in [-0.4, -0.2) is 35.7 Å². The summed E-state index contributed by atoms with van der Waals surface area (Å²) < 4.78 is 5.18. The number of rotatable bonds is 4. The molecule has 2 aromatic rings. The Kier molecular flexibility index (Phi) is 4.66. The molecule has 0 saturated heterocycles. The summed E-state index contributed by atoms with van der Waals surface area (Å²) in [7, 11) is 3.42. The van der Waals surface area contributed by atoms with Gasteiger partial charge in [-0.25, -0.2) is 0 Å². The predicted octanol–water partition coefficient (Wildman–Crippen LogP) is 3.68. The van der Waals surface area contributed by atoms with Gasteiger partial charge in [0.15, 0.2) is 5.78 Å². The number of H-pyrrole nitrogens is 1. The number of aromatic amines is 1. The van der Waals surface area contributed by atoms with E-state index in [0.29, 0.717) is 12.1 Å². The van der Waals surface area contributed by atoms with E-state index in [0.717, 1.165) is 41.0 Å². The summed E-state index contributed by atoms with van der Waals surface area (Å²) in [5.41, 5.74) is 3.96. The SMILES string of the molecule is COc1ccc(C(C)N(C)C(=O)c2[nH]c3c(c2C)C(=O)CCC3)cc1. The highest BCUT2D eigenvalue weighted by molar-refractivity contribution is 6.04. The molecule has 5 heteroatoms. The normalized spacial score (nSPS) is 14.8. The maximum absolute atomic E-state index is 13.0. The third kappa shape index (κ3) is 3.06. The van der Waals surface area contributed by atoms with Crippen molar-refractivity contribution in [3.05, 3.63) is 52.3 Å². The van der Waals surface area contributed by atoms with Gasteiger partial charge in [0, 0.05) is 24.7 Å². The molecule has 1 N–H and O–H groups in total. The number of fused-ring (bicyclic) bond motifs is 1. The Balaban J connectivity index is 1.86. The summed E-state index contributed by atoms with van der Waals surface area (Å²) in [6, 6.07) is 7.61. The highest BCUT2D eigenvalue weighted by Gasteiger charge is 2.29. The largest absolute Gasteiger partial charge is 0.497 e. The van der Waals surface area contributed by atoms with Crippen LogP contribution >= 0.6 is 0 Å². The molecule has 0 saturated carbocycles. The van der Waals surface area contributed by atoms with Crippen molar-refractivity contribution in [2.75, 3.05) is 14.2 Å². The highest BCUT2D eigenvalue weighted by Crippen LogP contribution is 2.29. The van der Waals surface area contributed by atoms with Gasteiger partial charge < -0.3 is 14.6 Å². The first-order chi connectivity index (χ1) is 11.9. The zero-order chi connectivity index (χ0) is 18.1. The average Bonchev–Trinajstić information content (AvgIpc) is 2.98. The smallest absolute Gasteiger partial charge is 0.270 e. The van der Waals surface area contributed by atoms with Crippen LogP contribution in [0, 0.1) is 6.92 Å². The Morgan fingerprint density at radius 1 is 1.24 bits per heavy atom. The molecule has 0 spiro atoms. The van der Waals surface area contributed by atoms with Gasteiger partial charge >= 0.3 is 0 Å². The maximum Gasteiger partial charge on any atom is 0.270 e. The molecule has 3 rings (SSSR count). The number of carbonyl (C=O) groups is 2. The first-order valence-corrected chi connectivity index (χ1v) is 8.59. The molecule has 0 radical (unpaired) electrons. The number of aryl methyl sites for hydroxylation is 1. The first kappa shape index (κ1) is 17.3. The third-order valence-corrected chi connectivity index (χ3v) is 5.15. The summed E-state index contributed by atoms with van der Waals surface area (Å²) in [6.45, 7) is 3.85. The number of methoxy groups -OCH3 is 1. The van der Waals surface area contributed by atoms with Crippen LogP contribution in [0.3, 0.4) is 0 Å². The number of ketones is 1. The second-order valence-electron chi connectivity index (χ2n) is 6.62. The fraction of sp³-hybridized carbons (Fsp3) is 0.400. The molecular weight excluding hydrogens is 316 g/mol. The van der Waals surface area contributed by atoms with Crippen LogP contribution in [-0.2, 0) is 6.42 Å². The number of aromatic nitrogens is 1. The molecule has 5 nitrogen and oxygen atoms in total. The molecule has 1 atom stereocenters. The van der Waals surface area contributed by atoms with E-state index in [1.54, 1.807) is 19.1 Å². The van der Waals surface area contributed by atoms with Gasteiger partial charge in [0.1, 0.15) is 11.4 Å². The summed E-state index contributed by atoms with van der Waals surface area (Å²) in [4.78, 5) is 30.1. The minimum Gasteiger partial charge on any atom is -0.497 e. The van der Waals surface area contributed by atoms with Crippen molar-refractivity contribution < 1.29 is 14.3 Å². The molecule has 0 aliphatic heterocycles. The van der Waals surface area contributed by atoms with Gasteiger partial charge in [-0.3, -0.25) is 9.59 Å². The number of nitrogens with zero attached hydrogens (tertiary/aromatic N) is 1. The Labute approximate surface area is 148 Å². The lowest BCUT2D eigenvalue weighted by Crippen LogP contribution is -2.30. The van der Waals surface area contributed by atoms with Gasteiger partial charge in [-0.2, -0.15) is 0 Å². The molecule has 1 aromatic heterocycles. The Hall–Kier alpha value is -2.56. The minimum atomic E-state index is -0.0944. The molecule has 0 fully saturated rings. The minimum absolute atomic E-state index is 0.0890. The average molecular weight is 340 g/mol. The van der Waals surface area contributed by atoms with E-state index in [9.17, 15) is 9.59 Å². The van der Waals surface area contributed by atoms with Crippen LogP contribution in [0.15, 0.2) is 24.3 Å². The van der Waals surface area contributed by atoms with Gasteiger partial charge in [0.05, 0.1) is 13.2 Å². The van der Waals surface area contributed by atoms with E-state index < -0.39 is 0 Å². The third-order valence-electron chi connectivity index (χ3n) is 5.15. The summed E-state index contributed by atoms with van der Waals surface area (Å²) >= 11 is 0. The molecule has 132 valence electrons. The van der Waals surface area contributed by atoms with Crippen LogP contribution in [0.4, 0.5) is 0 Å². The topological polar surface area (TPSA) is 62.4 Å². The lowest BCUT2D eigenvalue weighted by Gasteiger charge is -2.25. The molecule has 25 heavy (non-hydrogen) atoms. The fourth-order valence-electron chi connectivity index (χ4n) is 3.45. The summed E-state index contributed by atoms with van der Waals surface area (Å²) in [5.74, 6) is 0.833. The summed E-state index contributed by atoms with van der Waals surface area (Å²) in [6.07, 6.45) is 2.24. The lowest BCUT2D eigenvalue weighted by atomic mass is 9.93.